The highest BCUT2D eigenvalue weighted by atomic mass is 16.3. The molecule has 3 amide bonds. The van der Waals surface area contributed by atoms with Crippen LogP contribution >= 0.6 is 0 Å². The van der Waals surface area contributed by atoms with Crippen LogP contribution in [0, 0.1) is 12.8 Å². The number of piperidine rings is 1. The summed E-state index contributed by atoms with van der Waals surface area (Å²) in [6, 6.07) is 11.8. The molecular weight excluding hydrogens is 366 g/mol. The van der Waals surface area contributed by atoms with Crippen LogP contribution in [0.5, 0.6) is 0 Å². The zero-order chi connectivity index (χ0) is 20.6. The number of unbranched alkanes of at least 4 members (excludes halogenated alkanes) is 1. The van der Waals surface area contributed by atoms with E-state index in [1.165, 1.54) is 5.56 Å². The van der Waals surface area contributed by atoms with E-state index in [1.807, 2.05) is 17.0 Å². The third-order valence-electron chi connectivity index (χ3n) is 5.46. The lowest BCUT2D eigenvalue weighted by Gasteiger charge is -2.39. The molecule has 1 aliphatic rings. The van der Waals surface area contributed by atoms with Gasteiger partial charge in [-0.3, -0.25) is 4.79 Å². The molecule has 1 fully saturated rings. The smallest absolute Gasteiger partial charge is 0.317 e. The summed E-state index contributed by atoms with van der Waals surface area (Å²) in [5.74, 6) is 0.472. The number of rotatable bonds is 7. The maximum absolute atomic E-state index is 12.9. The van der Waals surface area contributed by atoms with Crippen LogP contribution in [0.1, 0.15) is 55.5 Å². The summed E-state index contributed by atoms with van der Waals surface area (Å²) in [5, 5.41) is 5.96. The molecule has 0 spiro atoms. The van der Waals surface area contributed by atoms with Gasteiger partial charge in [0.05, 0.1) is 24.8 Å². The molecule has 1 aromatic heterocycles. The van der Waals surface area contributed by atoms with Gasteiger partial charge in [-0.1, -0.05) is 43.2 Å². The Balaban J connectivity index is 1.69. The van der Waals surface area contributed by atoms with Crippen LogP contribution in [-0.4, -0.2) is 29.9 Å². The molecule has 2 aromatic rings. The van der Waals surface area contributed by atoms with Crippen molar-refractivity contribution in [1.29, 1.82) is 0 Å². The number of amides is 3. The van der Waals surface area contributed by atoms with Crippen molar-refractivity contribution >= 4 is 11.9 Å². The van der Waals surface area contributed by atoms with E-state index in [-0.39, 0.29) is 23.9 Å². The Bertz CT molecular complexity index is 803. The fourth-order valence-corrected chi connectivity index (χ4v) is 3.84. The molecule has 2 heterocycles. The van der Waals surface area contributed by atoms with Crippen LogP contribution in [0.25, 0.3) is 0 Å². The van der Waals surface area contributed by atoms with Gasteiger partial charge in [0.15, 0.2) is 0 Å². The summed E-state index contributed by atoms with van der Waals surface area (Å²) >= 11 is 0. The molecule has 1 aromatic carbocycles. The predicted octanol–water partition coefficient (Wildman–Crippen LogP) is 4.17. The summed E-state index contributed by atoms with van der Waals surface area (Å²) in [5.41, 5.74) is 2.30. The maximum atomic E-state index is 12.9. The standard InChI is InChI=1S/C23H31N3O3/c1-3-4-12-24-23(28)26-16-19(22(27)25-15-20-9-6-13-29-20)10-11-21(26)18-8-5-7-17(2)14-18/h5-9,13-14,19,21H,3-4,10-12,15-16H2,1-2H3,(H,24,28)(H,25,27). The summed E-state index contributed by atoms with van der Waals surface area (Å²) in [6.07, 6.45) is 5.09. The van der Waals surface area contributed by atoms with Crippen molar-refractivity contribution in [2.45, 2.75) is 52.1 Å². The molecule has 1 saturated heterocycles. The first-order chi connectivity index (χ1) is 14.1. The molecule has 0 radical (unpaired) electrons. The van der Waals surface area contributed by atoms with Crippen LogP contribution in [0.15, 0.2) is 47.1 Å². The quantitative estimate of drug-likeness (QED) is 0.689. The van der Waals surface area contributed by atoms with Gasteiger partial charge in [-0.15, -0.1) is 0 Å². The van der Waals surface area contributed by atoms with Crippen molar-refractivity contribution in [2.75, 3.05) is 13.1 Å². The first-order valence-electron chi connectivity index (χ1n) is 10.5. The second-order valence-electron chi connectivity index (χ2n) is 7.74. The number of hydrogen-bond donors (Lipinski definition) is 2. The highest BCUT2D eigenvalue weighted by Gasteiger charge is 2.35. The zero-order valence-corrected chi connectivity index (χ0v) is 17.3. The third-order valence-corrected chi connectivity index (χ3v) is 5.46. The Kier molecular flexibility index (Phi) is 7.33. The Labute approximate surface area is 172 Å². The van der Waals surface area contributed by atoms with Gasteiger partial charge in [0, 0.05) is 13.1 Å². The summed E-state index contributed by atoms with van der Waals surface area (Å²) in [6.45, 7) is 5.60. The van der Waals surface area contributed by atoms with Gasteiger partial charge < -0.3 is 20.0 Å². The predicted molar refractivity (Wildman–Crippen MR) is 112 cm³/mol. The highest BCUT2D eigenvalue weighted by molar-refractivity contribution is 5.81. The largest absolute Gasteiger partial charge is 0.467 e. The van der Waals surface area contributed by atoms with Gasteiger partial charge >= 0.3 is 6.03 Å². The molecule has 0 saturated carbocycles. The van der Waals surface area contributed by atoms with E-state index in [1.54, 1.807) is 12.3 Å². The van der Waals surface area contributed by atoms with Crippen LogP contribution in [0.2, 0.25) is 0 Å². The zero-order valence-electron chi connectivity index (χ0n) is 17.3. The van der Waals surface area contributed by atoms with Gasteiger partial charge in [0.1, 0.15) is 5.76 Å². The fourth-order valence-electron chi connectivity index (χ4n) is 3.84. The number of nitrogens with zero attached hydrogens (tertiary/aromatic N) is 1. The molecule has 2 unspecified atom stereocenters. The topological polar surface area (TPSA) is 74.6 Å². The molecule has 6 heteroatoms. The minimum atomic E-state index is -0.219. The molecule has 0 bridgehead atoms. The SMILES string of the molecule is CCCCNC(=O)N1CC(C(=O)NCc2ccco2)CCC1c1cccc(C)c1. The molecule has 2 atom stereocenters. The molecule has 6 nitrogen and oxygen atoms in total. The van der Waals surface area contributed by atoms with E-state index in [0.29, 0.717) is 19.6 Å². The van der Waals surface area contributed by atoms with Crippen molar-refractivity contribution < 1.29 is 14.0 Å². The molecule has 0 aliphatic carbocycles. The third kappa shape index (κ3) is 5.62. The van der Waals surface area contributed by atoms with Crippen molar-refractivity contribution in [3.63, 3.8) is 0 Å². The van der Waals surface area contributed by atoms with E-state index < -0.39 is 0 Å². The average molecular weight is 398 g/mol. The van der Waals surface area contributed by atoms with E-state index in [4.69, 9.17) is 4.42 Å². The van der Waals surface area contributed by atoms with Gasteiger partial charge in [-0.2, -0.15) is 0 Å². The number of nitrogens with one attached hydrogen (secondary N) is 2. The lowest BCUT2D eigenvalue weighted by atomic mass is 9.88. The first kappa shape index (κ1) is 21.0. The van der Waals surface area contributed by atoms with Crippen LogP contribution in [0.3, 0.4) is 0 Å². The fraction of sp³-hybridized carbons (Fsp3) is 0.478. The van der Waals surface area contributed by atoms with Gasteiger partial charge in [0.25, 0.3) is 0 Å². The van der Waals surface area contributed by atoms with Crippen molar-refractivity contribution in [2.24, 2.45) is 5.92 Å². The van der Waals surface area contributed by atoms with Crippen LogP contribution in [-0.2, 0) is 11.3 Å². The number of likely N-dealkylation sites (tertiary alicyclic amines) is 1. The summed E-state index contributed by atoms with van der Waals surface area (Å²) < 4.78 is 5.28. The number of hydrogen-bond acceptors (Lipinski definition) is 3. The Morgan fingerprint density at radius 3 is 2.76 bits per heavy atom. The second kappa shape index (κ2) is 10.1. The number of aryl methyl sites for hydroxylation is 1. The lowest BCUT2D eigenvalue weighted by Crippen LogP contribution is -2.50. The van der Waals surface area contributed by atoms with E-state index >= 15 is 0 Å². The lowest BCUT2D eigenvalue weighted by molar-refractivity contribution is -0.127. The van der Waals surface area contributed by atoms with E-state index in [9.17, 15) is 9.59 Å². The maximum Gasteiger partial charge on any atom is 0.317 e. The van der Waals surface area contributed by atoms with Gasteiger partial charge in [-0.05, 0) is 43.9 Å². The summed E-state index contributed by atoms with van der Waals surface area (Å²) in [4.78, 5) is 27.5. The van der Waals surface area contributed by atoms with Crippen molar-refractivity contribution in [1.82, 2.24) is 15.5 Å². The first-order valence-corrected chi connectivity index (χ1v) is 10.5. The monoisotopic (exact) mass is 397 g/mol. The molecule has 3 rings (SSSR count). The van der Waals surface area contributed by atoms with Crippen molar-refractivity contribution in [3.8, 4) is 0 Å². The second-order valence-corrected chi connectivity index (χ2v) is 7.74. The van der Waals surface area contributed by atoms with Crippen LogP contribution < -0.4 is 10.6 Å². The number of benzene rings is 1. The summed E-state index contributed by atoms with van der Waals surface area (Å²) in [7, 11) is 0. The average Bonchev–Trinajstić information content (AvgIpc) is 3.25. The van der Waals surface area contributed by atoms with Gasteiger partial charge in [-0.25, -0.2) is 4.79 Å². The number of urea groups is 1. The number of carbonyl (C=O) groups excluding carboxylic acids is 2. The number of carbonyl (C=O) groups is 2. The van der Waals surface area contributed by atoms with Crippen LogP contribution in [0.4, 0.5) is 4.79 Å². The number of furan rings is 1. The van der Waals surface area contributed by atoms with Crippen molar-refractivity contribution in [3.05, 3.63) is 59.5 Å². The normalized spacial score (nSPS) is 19.0. The Morgan fingerprint density at radius 2 is 2.03 bits per heavy atom. The Morgan fingerprint density at radius 1 is 1.17 bits per heavy atom. The molecule has 156 valence electrons. The molecular formula is C23H31N3O3. The highest BCUT2D eigenvalue weighted by Crippen LogP contribution is 2.34. The molecule has 2 N–H and O–H groups in total. The van der Waals surface area contributed by atoms with E-state index in [0.717, 1.165) is 37.0 Å². The molecule has 29 heavy (non-hydrogen) atoms. The Hall–Kier alpha value is -2.76. The molecule has 1 aliphatic heterocycles. The minimum Gasteiger partial charge on any atom is -0.467 e. The van der Waals surface area contributed by atoms with Gasteiger partial charge in [0.2, 0.25) is 5.91 Å². The minimum absolute atomic E-state index is 0.00866. The van der Waals surface area contributed by atoms with E-state index in [2.05, 4.69) is 42.7 Å².